The number of phenols is 1. The van der Waals surface area contributed by atoms with Gasteiger partial charge in [-0.2, -0.15) is 0 Å². The van der Waals surface area contributed by atoms with Crippen molar-refractivity contribution in [1.29, 1.82) is 0 Å². The van der Waals surface area contributed by atoms with Gasteiger partial charge in [-0.1, -0.05) is 138 Å². The van der Waals surface area contributed by atoms with E-state index in [4.69, 9.17) is 9.97 Å². The van der Waals surface area contributed by atoms with E-state index in [-0.39, 0.29) is 37.6 Å². The average Bonchev–Trinajstić information content (AvgIpc) is 3.57. The van der Waals surface area contributed by atoms with Crippen LogP contribution >= 0.6 is 0 Å². The normalized spacial score (nSPS) is 11.8. The number of hydrogen-bond acceptors (Lipinski definition) is 3. The summed E-state index contributed by atoms with van der Waals surface area (Å²) in [6, 6.07) is 58.6. The number of pyridine rings is 2. The topological polar surface area (TPSA) is 50.9 Å². The number of para-hydroxylation sites is 3. The van der Waals surface area contributed by atoms with Crippen molar-refractivity contribution in [1.82, 2.24) is 14.5 Å². The molecule has 0 aliphatic rings. The molecule has 0 saturated heterocycles. The van der Waals surface area contributed by atoms with Gasteiger partial charge in [-0.3, -0.25) is 9.97 Å². The molecule has 9 rings (SSSR count). The maximum absolute atomic E-state index is 11.0. The number of rotatable bonds is 6. The number of benzene rings is 6. The first kappa shape index (κ1) is 39.7. The zero-order valence-electron chi connectivity index (χ0n) is 34.2. The SMILES string of the molecule is CC(C)(C)c1cc(-c2cc(-c3[c-]c(-c4cc(-c5ccc6c(c5)c5ccccc5n6-c5ccccc5)ccn4)ccc3)nc(-c3ccccc3O)c2)cc(C(C)(C)C)c1.[Pt]. The molecule has 3 heterocycles. The molecule has 9 aromatic rings. The fourth-order valence-corrected chi connectivity index (χ4v) is 7.86. The molecule has 5 heteroatoms. The monoisotopic (exact) mass is 947 g/mol. The summed E-state index contributed by atoms with van der Waals surface area (Å²) in [5.41, 5.74) is 15.0. The van der Waals surface area contributed by atoms with E-state index in [1.807, 2.05) is 30.5 Å². The second kappa shape index (κ2) is 15.6. The largest absolute Gasteiger partial charge is 0.507 e. The maximum Gasteiger partial charge on any atom is 0.124 e. The van der Waals surface area contributed by atoms with Crippen molar-refractivity contribution in [2.24, 2.45) is 0 Å². The summed E-state index contributed by atoms with van der Waals surface area (Å²) in [7, 11) is 0. The number of aromatic nitrogens is 3. The molecule has 3 aromatic heterocycles. The quantitative estimate of drug-likeness (QED) is 0.169. The van der Waals surface area contributed by atoms with Gasteiger partial charge < -0.3 is 9.67 Å². The number of hydrogen-bond donors (Lipinski definition) is 1. The van der Waals surface area contributed by atoms with E-state index in [0.29, 0.717) is 11.3 Å². The minimum atomic E-state index is -0.0388. The third-order valence-electron chi connectivity index (χ3n) is 11.1. The first-order valence-corrected chi connectivity index (χ1v) is 20.0. The van der Waals surface area contributed by atoms with Gasteiger partial charge in [0, 0.05) is 60.7 Å². The van der Waals surface area contributed by atoms with Crippen molar-refractivity contribution in [3.8, 4) is 67.5 Å². The second-order valence-electron chi connectivity index (χ2n) is 17.3. The minimum absolute atomic E-state index is 0. The molecule has 0 amide bonds. The molecule has 0 spiro atoms. The molecular formula is C54H46N3OPt-. The van der Waals surface area contributed by atoms with E-state index in [0.717, 1.165) is 50.5 Å². The van der Waals surface area contributed by atoms with Gasteiger partial charge in [-0.05, 0) is 98.8 Å². The molecule has 294 valence electrons. The molecular weight excluding hydrogens is 902 g/mol. The van der Waals surface area contributed by atoms with Crippen molar-refractivity contribution in [2.45, 2.75) is 52.4 Å². The molecule has 59 heavy (non-hydrogen) atoms. The molecule has 0 saturated carbocycles. The first-order chi connectivity index (χ1) is 27.9. The van der Waals surface area contributed by atoms with Gasteiger partial charge in [0.1, 0.15) is 5.75 Å². The Morgan fingerprint density at radius 1 is 0.492 bits per heavy atom. The molecule has 0 unspecified atom stereocenters. The Bertz CT molecular complexity index is 2950. The van der Waals surface area contributed by atoms with Crippen molar-refractivity contribution < 1.29 is 26.2 Å². The Labute approximate surface area is 361 Å². The maximum atomic E-state index is 11.0. The van der Waals surface area contributed by atoms with Crippen LogP contribution in [0, 0.1) is 6.07 Å². The van der Waals surface area contributed by atoms with Crippen LogP contribution in [0.1, 0.15) is 52.7 Å². The zero-order valence-corrected chi connectivity index (χ0v) is 36.5. The average molecular weight is 948 g/mol. The van der Waals surface area contributed by atoms with E-state index in [1.54, 1.807) is 6.07 Å². The summed E-state index contributed by atoms with van der Waals surface area (Å²) < 4.78 is 2.34. The third kappa shape index (κ3) is 7.78. The fraction of sp³-hybridized carbons (Fsp3) is 0.148. The number of nitrogens with zero attached hydrogens (tertiary/aromatic N) is 3. The molecule has 0 aliphatic carbocycles. The van der Waals surface area contributed by atoms with Gasteiger partial charge in [0.2, 0.25) is 0 Å². The third-order valence-corrected chi connectivity index (χ3v) is 11.1. The van der Waals surface area contributed by atoms with E-state index in [2.05, 4.69) is 180 Å². The van der Waals surface area contributed by atoms with Crippen molar-refractivity contribution >= 4 is 21.8 Å². The van der Waals surface area contributed by atoms with Crippen LogP contribution in [0.3, 0.4) is 0 Å². The Balaban J connectivity index is 0.00000484. The summed E-state index contributed by atoms with van der Waals surface area (Å²) in [4.78, 5) is 10.0. The summed E-state index contributed by atoms with van der Waals surface area (Å²) in [6.07, 6.45) is 1.88. The van der Waals surface area contributed by atoms with Crippen molar-refractivity contribution in [3.05, 3.63) is 181 Å². The Morgan fingerprint density at radius 2 is 1.08 bits per heavy atom. The Morgan fingerprint density at radius 3 is 1.81 bits per heavy atom. The standard InChI is InChI=1S/C54H46N3O.Pt/c1-53(2,3)41-28-39(29-42(34-41)54(4,5)6)40-32-48(56-49(33-40)45-20-11-13-22-52(45)58)38-16-14-15-37(27-38)47-31-36(25-26-55-47)35-23-24-51-46(30-35)44-19-10-12-21-50(44)57(51)43-17-8-7-9-18-43;/h7-26,28-34,58H,1-6H3;/q-1;. The van der Waals surface area contributed by atoms with Crippen LogP contribution in [-0.2, 0) is 31.9 Å². The number of fused-ring (bicyclic) bond motifs is 3. The van der Waals surface area contributed by atoms with E-state index in [9.17, 15) is 5.11 Å². The van der Waals surface area contributed by atoms with E-state index in [1.165, 1.54) is 32.9 Å². The minimum Gasteiger partial charge on any atom is -0.507 e. The van der Waals surface area contributed by atoms with Gasteiger partial charge in [0.15, 0.2) is 0 Å². The fourth-order valence-electron chi connectivity index (χ4n) is 7.86. The van der Waals surface area contributed by atoms with Crippen LogP contribution < -0.4 is 0 Å². The summed E-state index contributed by atoms with van der Waals surface area (Å²) in [5.74, 6) is 0.193. The molecule has 0 bridgehead atoms. The van der Waals surface area contributed by atoms with E-state index < -0.39 is 0 Å². The summed E-state index contributed by atoms with van der Waals surface area (Å²) in [6.45, 7) is 13.6. The molecule has 1 N–H and O–H groups in total. The van der Waals surface area contributed by atoms with Crippen molar-refractivity contribution in [2.75, 3.05) is 0 Å². The second-order valence-corrected chi connectivity index (χ2v) is 17.3. The molecule has 0 aliphatic heterocycles. The summed E-state index contributed by atoms with van der Waals surface area (Å²) in [5, 5.41) is 13.4. The Hall–Kier alpha value is -6.09. The van der Waals surface area contributed by atoms with Gasteiger partial charge in [-0.15, -0.1) is 24.3 Å². The van der Waals surface area contributed by atoms with Gasteiger partial charge in [-0.25, -0.2) is 0 Å². The molecule has 0 fully saturated rings. The zero-order chi connectivity index (χ0) is 40.2. The van der Waals surface area contributed by atoms with Crippen LogP contribution in [0.2, 0.25) is 0 Å². The molecule has 4 nitrogen and oxygen atoms in total. The molecule has 0 radical (unpaired) electrons. The number of phenolic OH excluding ortho intramolecular Hbond substituents is 1. The molecule has 0 atom stereocenters. The van der Waals surface area contributed by atoms with E-state index >= 15 is 0 Å². The van der Waals surface area contributed by atoms with Gasteiger partial charge in [0.25, 0.3) is 0 Å². The van der Waals surface area contributed by atoms with Crippen LogP contribution in [-0.4, -0.2) is 19.6 Å². The smallest absolute Gasteiger partial charge is 0.124 e. The van der Waals surface area contributed by atoms with Crippen LogP contribution in [0.5, 0.6) is 5.75 Å². The van der Waals surface area contributed by atoms with Crippen LogP contribution in [0.25, 0.3) is 83.5 Å². The molecule has 6 aromatic carbocycles. The van der Waals surface area contributed by atoms with Gasteiger partial charge in [0.05, 0.1) is 16.7 Å². The van der Waals surface area contributed by atoms with Crippen LogP contribution in [0.4, 0.5) is 0 Å². The van der Waals surface area contributed by atoms with Crippen LogP contribution in [0.15, 0.2) is 164 Å². The number of aromatic hydroxyl groups is 1. The van der Waals surface area contributed by atoms with Crippen molar-refractivity contribution in [3.63, 3.8) is 0 Å². The predicted octanol–water partition coefficient (Wildman–Crippen LogP) is 14.0. The Kier molecular flexibility index (Phi) is 10.5. The predicted molar refractivity (Wildman–Crippen MR) is 241 cm³/mol. The summed E-state index contributed by atoms with van der Waals surface area (Å²) >= 11 is 0. The first-order valence-electron chi connectivity index (χ1n) is 20.0. The van der Waals surface area contributed by atoms with Gasteiger partial charge >= 0.3 is 0 Å².